The van der Waals surface area contributed by atoms with E-state index in [1.165, 1.54) is 0 Å². The van der Waals surface area contributed by atoms with Crippen LogP contribution in [-0.4, -0.2) is 19.0 Å². The van der Waals surface area contributed by atoms with Crippen LogP contribution in [0.15, 0.2) is 48.5 Å². The van der Waals surface area contributed by atoms with Gasteiger partial charge in [-0.25, -0.2) is 0 Å². The predicted molar refractivity (Wildman–Crippen MR) is 106 cm³/mol. The molecule has 4 nitrogen and oxygen atoms in total. The fourth-order valence-electron chi connectivity index (χ4n) is 3.86. The highest BCUT2D eigenvalue weighted by atomic mass is 35.5. The Kier molecular flexibility index (Phi) is 5.54. The Hall–Kier alpha value is -2.04. The average molecular weight is 373 g/mol. The Morgan fingerprint density at radius 1 is 1.15 bits per heavy atom. The van der Waals surface area contributed by atoms with Crippen molar-refractivity contribution in [2.45, 2.75) is 26.2 Å². The summed E-state index contributed by atoms with van der Waals surface area (Å²) in [6, 6.07) is 15.6. The molecule has 0 bridgehead atoms. The lowest BCUT2D eigenvalue weighted by Crippen LogP contribution is -2.31. The van der Waals surface area contributed by atoms with Crippen molar-refractivity contribution in [1.82, 2.24) is 5.32 Å². The van der Waals surface area contributed by atoms with Gasteiger partial charge in [0, 0.05) is 5.92 Å². The first-order valence-electron chi connectivity index (χ1n) is 9.01. The van der Waals surface area contributed by atoms with Crippen molar-refractivity contribution in [3.63, 3.8) is 0 Å². The van der Waals surface area contributed by atoms with E-state index in [0.717, 1.165) is 49.4 Å². The molecule has 1 spiro atoms. The standard InChI is InChI=1S/C21H24N2O2.ClH/c1-15-7-8-19(25-16-5-3-2-4-6-16)18(13-15)23-20(24)17-14-21(17)9-11-22-12-10-21;/h2-8,13,17,22H,9-12,14H2,1H3,(H,23,24);1H. The Morgan fingerprint density at radius 2 is 1.88 bits per heavy atom. The third kappa shape index (κ3) is 3.87. The van der Waals surface area contributed by atoms with Crippen molar-refractivity contribution >= 4 is 24.0 Å². The van der Waals surface area contributed by atoms with E-state index < -0.39 is 0 Å². The van der Waals surface area contributed by atoms with E-state index in [4.69, 9.17) is 4.74 Å². The first-order chi connectivity index (χ1) is 12.2. The second kappa shape index (κ2) is 7.68. The fourth-order valence-corrected chi connectivity index (χ4v) is 3.86. The topological polar surface area (TPSA) is 50.4 Å². The number of para-hydroxylation sites is 1. The lowest BCUT2D eigenvalue weighted by Gasteiger charge is -2.23. The molecular formula is C21H25ClN2O2. The SMILES string of the molecule is Cc1ccc(Oc2ccccc2)c(NC(=O)C2CC23CCNCC3)c1.Cl. The van der Waals surface area contributed by atoms with Gasteiger partial charge in [0.05, 0.1) is 5.69 Å². The van der Waals surface area contributed by atoms with Gasteiger partial charge in [0.25, 0.3) is 0 Å². The minimum absolute atomic E-state index is 0. The highest BCUT2D eigenvalue weighted by Crippen LogP contribution is 2.58. The Labute approximate surface area is 160 Å². The minimum atomic E-state index is 0. The molecular weight excluding hydrogens is 348 g/mol. The second-order valence-electron chi connectivity index (χ2n) is 7.27. The molecule has 1 aliphatic carbocycles. The number of carbonyl (C=O) groups excluding carboxylic acids is 1. The van der Waals surface area contributed by atoms with Crippen LogP contribution in [0.2, 0.25) is 0 Å². The van der Waals surface area contributed by atoms with Crippen molar-refractivity contribution in [3.8, 4) is 11.5 Å². The number of aryl methyl sites for hydroxylation is 1. The number of amides is 1. The molecule has 1 unspecified atom stereocenters. The molecule has 26 heavy (non-hydrogen) atoms. The minimum Gasteiger partial charge on any atom is -0.455 e. The number of piperidine rings is 1. The van der Waals surface area contributed by atoms with Gasteiger partial charge in [0.1, 0.15) is 5.75 Å². The van der Waals surface area contributed by atoms with Gasteiger partial charge in [-0.1, -0.05) is 24.3 Å². The third-order valence-corrected chi connectivity index (χ3v) is 5.47. The highest BCUT2D eigenvalue weighted by Gasteiger charge is 2.57. The van der Waals surface area contributed by atoms with Crippen LogP contribution in [0.5, 0.6) is 11.5 Å². The normalized spacial score (nSPS) is 20.1. The summed E-state index contributed by atoms with van der Waals surface area (Å²) in [6.07, 6.45) is 3.22. The molecule has 1 saturated carbocycles. The smallest absolute Gasteiger partial charge is 0.228 e. The molecule has 1 aliphatic heterocycles. The molecule has 138 valence electrons. The maximum Gasteiger partial charge on any atom is 0.228 e. The molecule has 1 atom stereocenters. The lowest BCUT2D eigenvalue weighted by molar-refractivity contribution is -0.118. The van der Waals surface area contributed by atoms with Gasteiger partial charge in [-0.3, -0.25) is 4.79 Å². The maximum atomic E-state index is 12.8. The molecule has 2 aliphatic rings. The summed E-state index contributed by atoms with van der Waals surface area (Å²) in [7, 11) is 0. The van der Waals surface area contributed by atoms with Crippen LogP contribution in [0.25, 0.3) is 0 Å². The number of ether oxygens (including phenoxy) is 1. The van der Waals surface area contributed by atoms with Gasteiger partial charge in [0.2, 0.25) is 5.91 Å². The monoisotopic (exact) mass is 372 g/mol. The fraction of sp³-hybridized carbons (Fsp3) is 0.381. The van der Waals surface area contributed by atoms with E-state index in [0.29, 0.717) is 5.75 Å². The third-order valence-electron chi connectivity index (χ3n) is 5.47. The molecule has 0 aromatic heterocycles. The number of anilines is 1. The van der Waals surface area contributed by atoms with E-state index in [9.17, 15) is 4.79 Å². The van der Waals surface area contributed by atoms with Crippen molar-refractivity contribution in [3.05, 3.63) is 54.1 Å². The zero-order chi connectivity index (χ0) is 17.3. The lowest BCUT2D eigenvalue weighted by atomic mass is 9.92. The summed E-state index contributed by atoms with van der Waals surface area (Å²) < 4.78 is 5.98. The quantitative estimate of drug-likeness (QED) is 0.828. The maximum absolute atomic E-state index is 12.8. The van der Waals surface area contributed by atoms with Gasteiger partial charge in [-0.05, 0) is 74.5 Å². The molecule has 2 fully saturated rings. The summed E-state index contributed by atoms with van der Waals surface area (Å²) in [4.78, 5) is 12.8. The first-order valence-corrected chi connectivity index (χ1v) is 9.01. The zero-order valence-electron chi connectivity index (χ0n) is 15.0. The zero-order valence-corrected chi connectivity index (χ0v) is 15.8. The van der Waals surface area contributed by atoms with Gasteiger partial charge < -0.3 is 15.4 Å². The molecule has 2 aromatic rings. The number of hydrogen-bond donors (Lipinski definition) is 2. The van der Waals surface area contributed by atoms with Crippen LogP contribution in [0.3, 0.4) is 0 Å². The van der Waals surface area contributed by atoms with Crippen LogP contribution in [-0.2, 0) is 4.79 Å². The molecule has 5 heteroatoms. The highest BCUT2D eigenvalue weighted by molar-refractivity contribution is 5.96. The van der Waals surface area contributed by atoms with E-state index in [-0.39, 0.29) is 29.6 Å². The summed E-state index contributed by atoms with van der Waals surface area (Å²) in [5.41, 5.74) is 2.09. The van der Waals surface area contributed by atoms with Crippen molar-refractivity contribution in [2.24, 2.45) is 11.3 Å². The van der Waals surface area contributed by atoms with Gasteiger partial charge in [-0.15, -0.1) is 12.4 Å². The van der Waals surface area contributed by atoms with E-state index in [1.807, 2.05) is 55.5 Å². The van der Waals surface area contributed by atoms with E-state index in [1.54, 1.807) is 0 Å². The van der Waals surface area contributed by atoms with Crippen molar-refractivity contribution < 1.29 is 9.53 Å². The number of carbonyl (C=O) groups is 1. The predicted octanol–water partition coefficient (Wildman–Crippen LogP) is 4.54. The van der Waals surface area contributed by atoms with Crippen molar-refractivity contribution in [1.29, 1.82) is 0 Å². The summed E-state index contributed by atoms with van der Waals surface area (Å²) in [5.74, 6) is 1.72. The van der Waals surface area contributed by atoms with Crippen LogP contribution in [0, 0.1) is 18.3 Å². The molecule has 4 rings (SSSR count). The van der Waals surface area contributed by atoms with Crippen LogP contribution >= 0.6 is 12.4 Å². The number of benzene rings is 2. The van der Waals surface area contributed by atoms with E-state index in [2.05, 4.69) is 10.6 Å². The molecule has 2 N–H and O–H groups in total. The Morgan fingerprint density at radius 3 is 2.62 bits per heavy atom. The summed E-state index contributed by atoms with van der Waals surface area (Å²) in [6.45, 7) is 4.07. The van der Waals surface area contributed by atoms with Gasteiger partial charge >= 0.3 is 0 Å². The second-order valence-corrected chi connectivity index (χ2v) is 7.27. The summed E-state index contributed by atoms with van der Waals surface area (Å²) >= 11 is 0. The number of halogens is 1. The van der Waals surface area contributed by atoms with E-state index >= 15 is 0 Å². The average Bonchev–Trinajstić information content (AvgIpc) is 3.32. The summed E-state index contributed by atoms with van der Waals surface area (Å²) in [5, 5.41) is 6.50. The van der Waals surface area contributed by atoms with Crippen LogP contribution in [0.1, 0.15) is 24.8 Å². The van der Waals surface area contributed by atoms with Gasteiger partial charge in [-0.2, -0.15) is 0 Å². The number of rotatable bonds is 4. The molecule has 2 aromatic carbocycles. The van der Waals surface area contributed by atoms with Gasteiger partial charge in [0.15, 0.2) is 5.75 Å². The molecule has 0 radical (unpaired) electrons. The first kappa shape index (κ1) is 18.7. The molecule has 1 amide bonds. The number of nitrogens with one attached hydrogen (secondary N) is 2. The molecule has 1 heterocycles. The largest absolute Gasteiger partial charge is 0.455 e. The van der Waals surface area contributed by atoms with Crippen LogP contribution in [0.4, 0.5) is 5.69 Å². The Balaban J connectivity index is 0.00000196. The van der Waals surface area contributed by atoms with Crippen LogP contribution < -0.4 is 15.4 Å². The number of hydrogen-bond acceptors (Lipinski definition) is 3. The van der Waals surface area contributed by atoms with Crippen molar-refractivity contribution in [2.75, 3.05) is 18.4 Å². The molecule has 1 saturated heterocycles. The Bertz CT molecular complexity index is 773.